The van der Waals surface area contributed by atoms with Crippen molar-refractivity contribution in [2.75, 3.05) is 6.61 Å². The third-order valence-electron chi connectivity index (χ3n) is 6.14. The molecular weight excluding hydrogens is 316 g/mol. The molecule has 1 heterocycles. The maximum atomic E-state index is 12.5. The summed E-state index contributed by atoms with van der Waals surface area (Å²) in [6.45, 7) is 0.741. The maximum Gasteiger partial charge on any atom is 0.315 e. The molecular formula is C20H28N2O3. The molecule has 2 atom stereocenters. The number of ether oxygens (including phenoxy) is 1. The minimum atomic E-state index is -0.0981. The molecule has 2 fully saturated rings. The molecule has 5 heteroatoms. The van der Waals surface area contributed by atoms with Crippen LogP contribution in [0.1, 0.15) is 68.5 Å². The fourth-order valence-electron chi connectivity index (χ4n) is 4.87. The van der Waals surface area contributed by atoms with E-state index < -0.39 is 0 Å². The van der Waals surface area contributed by atoms with Gasteiger partial charge in [0, 0.05) is 12.6 Å². The van der Waals surface area contributed by atoms with Crippen molar-refractivity contribution in [2.24, 2.45) is 0 Å². The molecule has 0 aromatic heterocycles. The molecule has 2 amide bonds. The first kappa shape index (κ1) is 16.7. The van der Waals surface area contributed by atoms with Crippen LogP contribution in [0.15, 0.2) is 18.2 Å². The lowest BCUT2D eigenvalue weighted by Crippen LogP contribution is -2.51. The summed E-state index contributed by atoms with van der Waals surface area (Å²) in [5, 5.41) is 16.2. The molecule has 4 rings (SSSR count). The molecule has 0 bridgehead atoms. The van der Waals surface area contributed by atoms with Gasteiger partial charge in [0.1, 0.15) is 5.75 Å². The van der Waals surface area contributed by atoms with E-state index in [0.717, 1.165) is 56.3 Å². The van der Waals surface area contributed by atoms with Gasteiger partial charge in [-0.25, -0.2) is 4.79 Å². The lowest BCUT2D eigenvalue weighted by Gasteiger charge is -2.43. The van der Waals surface area contributed by atoms with Crippen molar-refractivity contribution in [1.29, 1.82) is 0 Å². The molecule has 2 unspecified atom stereocenters. The van der Waals surface area contributed by atoms with Crippen LogP contribution < -0.4 is 10.6 Å². The second kappa shape index (κ2) is 6.87. The van der Waals surface area contributed by atoms with Crippen molar-refractivity contribution < 1.29 is 14.6 Å². The van der Waals surface area contributed by atoms with Gasteiger partial charge in [0.05, 0.1) is 11.6 Å². The van der Waals surface area contributed by atoms with Gasteiger partial charge in [-0.05, 0) is 55.7 Å². The zero-order valence-corrected chi connectivity index (χ0v) is 14.7. The topological polar surface area (TPSA) is 70.6 Å². The van der Waals surface area contributed by atoms with Crippen LogP contribution in [-0.2, 0) is 11.2 Å². The summed E-state index contributed by atoms with van der Waals surface area (Å²) in [7, 11) is 0. The number of nitrogens with one attached hydrogen (secondary N) is 2. The Morgan fingerprint density at radius 3 is 2.84 bits per heavy atom. The predicted molar refractivity (Wildman–Crippen MR) is 95.6 cm³/mol. The number of benzene rings is 1. The van der Waals surface area contributed by atoms with E-state index in [1.165, 1.54) is 19.3 Å². The van der Waals surface area contributed by atoms with Gasteiger partial charge < -0.3 is 20.5 Å². The van der Waals surface area contributed by atoms with E-state index >= 15 is 0 Å². The van der Waals surface area contributed by atoms with Gasteiger partial charge in [-0.1, -0.05) is 31.4 Å². The molecule has 136 valence electrons. The Balaban J connectivity index is 1.35. The zero-order valence-electron chi connectivity index (χ0n) is 14.7. The molecule has 1 saturated heterocycles. The minimum absolute atomic E-state index is 0.000193. The fourth-order valence-corrected chi connectivity index (χ4v) is 4.87. The van der Waals surface area contributed by atoms with Gasteiger partial charge in [0.15, 0.2) is 0 Å². The Morgan fingerprint density at radius 1 is 1.16 bits per heavy atom. The summed E-state index contributed by atoms with van der Waals surface area (Å²) in [5.74, 6) is 0.339. The predicted octanol–water partition coefficient (Wildman–Crippen LogP) is 3.56. The minimum Gasteiger partial charge on any atom is -0.508 e. The van der Waals surface area contributed by atoms with Crippen LogP contribution in [0.3, 0.4) is 0 Å². The van der Waals surface area contributed by atoms with Gasteiger partial charge in [-0.2, -0.15) is 0 Å². The first-order chi connectivity index (χ1) is 12.2. The van der Waals surface area contributed by atoms with Crippen LogP contribution in [0.5, 0.6) is 5.75 Å². The summed E-state index contributed by atoms with van der Waals surface area (Å²) >= 11 is 0. The summed E-state index contributed by atoms with van der Waals surface area (Å²) in [5.41, 5.74) is 2.02. The zero-order chi connectivity index (χ0) is 17.3. The van der Waals surface area contributed by atoms with Crippen LogP contribution in [0.4, 0.5) is 4.79 Å². The lowest BCUT2D eigenvalue weighted by molar-refractivity contribution is -0.107. The first-order valence-electron chi connectivity index (χ1n) is 9.67. The normalized spacial score (nSPS) is 27.7. The number of hydrogen-bond donors (Lipinski definition) is 3. The highest BCUT2D eigenvalue weighted by Crippen LogP contribution is 2.39. The van der Waals surface area contributed by atoms with E-state index in [9.17, 15) is 9.90 Å². The van der Waals surface area contributed by atoms with Crippen molar-refractivity contribution in [1.82, 2.24) is 10.6 Å². The Bertz CT molecular complexity index is 634. The van der Waals surface area contributed by atoms with Crippen molar-refractivity contribution >= 4 is 6.03 Å². The Kier molecular flexibility index (Phi) is 4.59. The number of amides is 2. The number of hydrogen-bond acceptors (Lipinski definition) is 3. The number of phenolic OH excluding ortho intramolecular Hbond substituents is 1. The largest absolute Gasteiger partial charge is 0.508 e. The van der Waals surface area contributed by atoms with Crippen LogP contribution >= 0.6 is 0 Å². The van der Waals surface area contributed by atoms with E-state index in [-0.39, 0.29) is 23.7 Å². The molecule has 5 nitrogen and oxygen atoms in total. The second-order valence-electron chi connectivity index (χ2n) is 7.84. The maximum absolute atomic E-state index is 12.5. The number of fused-ring (bicyclic) bond motifs is 1. The van der Waals surface area contributed by atoms with Crippen LogP contribution in [0.2, 0.25) is 0 Å². The molecule has 1 aromatic carbocycles. The molecule has 1 aliphatic heterocycles. The van der Waals surface area contributed by atoms with E-state index in [4.69, 9.17) is 4.74 Å². The summed E-state index contributed by atoms with van der Waals surface area (Å²) in [6.07, 6.45) is 9.51. The highest BCUT2D eigenvalue weighted by Gasteiger charge is 2.39. The molecule has 0 radical (unpaired) electrons. The first-order valence-corrected chi connectivity index (χ1v) is 9.67. The van der Waals surface area contributed by atoms with Gasteiger partial charge in [0.2, 0.25) is 0 Å². The number of urea groups is 1. The molecule has 1 aromatic rings. The van der Waals surface area contributed by atoms with Crippen LogP contribution in [0, 0.1) is 0 Å². The highest BCUT2D eigenvalue weighted by atomic mass is 16.5. The number of rotatable bonds is 2. The molecule has 2 aliphatic carbocycles. The Hall–Kier alpha value is -1.75. The van der Waals surface area contributed by atoms with Gasteiger partial charge >= 0.3 is 6.03 Å². The fraction of sp³-hybridized carbons (Fsp3) is 0.650. The van der Waals surface area contributed by atoms with Gasteiger partial charge in [-0.3, -0.25) is 0 Å². The molecule has 3 aliphatic rings. The highest BCUT2D eigenvalue weighted by molar-refractivity contribution is 5.75. The lowest BCUT2D eigenvalue weighted by atomic mass is 9.78. The van der Waals surface area contributed by atoms with Gasteiger partial charge in [-0.15, -0.1) is 0 Å². The third kappa shape index (κ3) is 3.47. The van der Waals surface area contributed by atoms with Gasteiger partial charge in [0.25, 0.3) is 0 Å². The Morgan fingerprint density at radius 2 is 2.00 bits per heavy atom. The van der Waals surface area contributed by atoms with E-state index in [0.29, 0.717) is 5.75 Å². The van der Waals surface area contributed by atoms with E-state index in [2.05, 4.69) is 10.6 Å². The number of carbonyl (C=O) groups excluding carboxylic acids is 1. The summed E-state index contributed by atoms with van der Waals surface area (Å²) in [6, 6.07) is 5.64. The summed E-state index contributed by atoms with van der Waals surface area (Å²) < 4.78 is 6.11. The third-order valence-corrected chi connectivity index (χ3v) is 6.14. The number of phenols is 1. The molecule has 3 N–H and O–H groups in total. The van der Waals surface area contributed by atoms with Crippen LogP contribution in [-0.4, -0.2) is 29.4 Å². The SMILES string of the molecule is O=C(NC1CCOC2(CCCCC2)C1)NC1CCc2c(O)cccc21. The second-order valence-corrected chi connectivity index (χ2v) is 7.84. The smallest absolute Gasteiger partial charge is 0.315 e. The number of aromatic hydroxyl groups is 1. The van der Waals surface area contributed by atoms with E-state index in [1.807, 2.05) is 12.1 Å². The quantitative estimate of drug-likeness (QED) is 0.768. The molecule has 25 heavy (non-hydrogen) atoms. The van der Waals surface area contributed by atoms with Crippen molar-refractivity contribution in [3.8, 4) is 5.75 Å². The van der Waals surface area contributed by atoms with E-state index in [1.54, 1.807) is 6.07 Å². The average molecular weight is 344 g/mol. The monoisotopic (exact) mass is 344 g/mol. The Labute approximate surface area is 149 Å². The van der Waals surface area contributed by atoms with Crippen molar-refractivity contribution in [2.45, 2.75) is 75.5 Å². The van der Waals surface area contributed by atoms with Crippen LogP contribution in [0.25, 0.3) is 0 Å². The summed E-state index contributed by atoms with van der Waals surface area (Å²) in [4.78, 5) is 12.5. The average Bonchev–Trinajstić information content (AvgIpc) is 3.00. The molecule has 1 spiro atoms. The standard InChI is InChI=1S/C20H28N2O3/c23-18-6-4-5-15-16(18)7-8-17(15)22-19(24)21-14-9-12-25-20(13-14)10-2-1-3-11-20/h4-6,14,17,23H,1-3,7-13H2,(H2,21,22,24). The number of carbonyl (C=O) groups is 1. The van der Waals surface area contributed by atoms with Crippen molar-refractivity contribution in [3.05, 3.63) is 29.3 Å². The van der Waals surface area contributed by atoms with Crippen molar-refractivity contribution in [3.63, 3.8) is 0 Å². The molecule has 1 saturated carbocycles.